The monoisotopic (exact) mass is 470 g/mol. The van der Waals surface area contributed by atoms with Crippen LogP contribution in [-0.2, 0) is 6.54 Å². The Bertz CT molecular complexity index is 987. The van der Waals surface area contributed by atoms with E-state index in [0.29, 0.717) is 0 Å². The zero-order chi connectivity index (χ0) is 22.3. The fourth-order valence-corrected chi connectivity index (χ4v) is 5.22. The van der Waals surface area contributed by atoms with Gasteiger partial charge in [0.05, 0.1) is 11.4 Å². The van der Waals surface area contributed by atoms with E-state index >= 15 is 0 Å². The first-order valence-corrected chi connectivity index (χ1v) is 12.4. The average molecular weight is 471 g/mol. The van der Waals surface area contributed by atoms with Crippen molar-refractivity contribution in [3.63, 3.8) is 0 Å². The maximum atomic E-state index is 6.47. The van der Waals surface area contributed by atoms with Crippen LogP contribution in [0.5, 0.6) is 11.5 Å². The summed E-state index contributed by atoms with van der Waals surface area (Å²) in [6, 6.07) is 20.8. The van der Waals surface area contributed by atoms with Crippen LogP contribution in [0, 0.1) is 6.92 Å². The molecule has 6 heteroatoms. The first-order chi connectivity index (χ1) is 15.6. The van der Waals surface area contributed by atoms with Gasteiger partial charge in [0.25, 0.3) is 0 Å². The Morgan fingerprint density at radius 2 is 1.69 bits per heavy atom. The van der Waals surface area contributed by atoms with E-state index in [4.69, 9.17) is 21.1 Å². The van der Waals surface area contributed by atoms with Crippen molar-refractivity contribution in [2.24, 2.45) is 0 Å². The highest BCUT2D eigenvalue weighted by Gasteiger charge is 2.22. The van der Waals surface area contributed by atoms with Gasteiger partial charge in [0.1, 0.15) is 6.10 Å². The van der Waals surface area contributed by atoms with Gasteiger partial charge in [-0.15, -0.1) is 11.3 Å². The van der Waals surface area contributed by atoms with Gasteiger partial charge in [0.15, 0.2) is 11.5 Å². The van der Waals surface area contributed by atoms with Gasteiger partial charge in [-0.25, -0.2) is 0 Å². The number of ether oxygens (including phenoxy) is 2. The average Bonchev–Trinajstić information content (AvgIpc) is 3.25. The van der Waals surface area contributed by atoms with E-state index in [2.05, 4.69) is 59.2 Å². The first-order valence-electron chi connectivity index (χ1n) is 11.2. The number of halogens is 1. The van der Waals surface area contributed by atoms with E-state index in [9.17, 15) is 0 Å². The molecule has 0 saturated carbocycles. The molecule has 2 aromatic carbocycles. The minimum absolute atomic E-state index is 0.0496. The summed E-state index contributed by atoms with van der Waals surface area (Å²) in [5.74, 6) is 1.55. The molecule has 1 atom stereocenters. The van der Waals surface area contributed by atoms with Crippen LogP contribution in [0.3, 0.4) is 0 Å². The van der Waals surface area contributed by atoms with Gasteiger partial charge in [-0.3, -0.25) is 4.90 Å². The van der Waals surface area contributed by atoms with E-state index in [0.717, 1.165) is 72.0 Å². The highest BCUT2D eigenvalue weighted by atomic mass is 35.5. The van der Waals surface area contributed by atoms with E-state index < -0.39 is 0 Å². The van der Waals surface area contributed by atoms with E-state index in [1.54, 1.807) is 18.4 Å². The SMILES string of the molecule is COc1cc(C)ccc1OC(CCN1CCN(Cc2ccccc2)CC1)c1ccc(Cl)s1. The molecular formula is C26H31ClN2O2S. The van der Waals surface area contributed by atoms with Gasteiger partial charge >= 0.3 is 0 Å². The molecule has 32 heavy (non-hydrogen) atoms. The summed E-state index contributed by atoms with van der Waals surface area (Å²) in [4.78, 5) is 6.23. The summed E-state index contributed by atoms with van der Waals surface area (Å²) in [5, 5.41) is 0. The summed E-state index contributed by atoms with van der Waals surface area (Å²) in [7, 11) is 1.69. The van der Waals surface area contributed by atoms with Crippen LogP contribution in [0.4, 0.5) is 0 Å². The van der Waals surface area contributed by atoms with Gasteiger partial charge in [0, 0.05) is 50.6 Å². The molecule has 1 saturated heterocycles. The number of hydrogen-bond acceptors (Lipinski definition) is 5. The summed E-state index contributed by atoms with van der Waals surface area (Å²) in [6.45, 7) is 8.43. The number of hydrogen-bond donors (Lipinski definition) is 0. The molecule has 2 heterocycles. The Hall–Kier alpha value is -2.05. The molecule has 1 aromatic heterocycles. The van der Waals surface area contributed by atoms with Crippen molar-refractivity contribution in [3.05, 3.63) is 81.0 Å². The van der Waals surface area contributed by atoms with Crippen molar-refractivity contribution in [2.75, 3.05) is 39.8 Å². The van der Waals surface area contributed by atoms with Crippen molar-refractivity contribution in [3.8, 4) is 11.5 Å². The Labute approximate surface area is 200 Å². The molecule has 1 unspecified atom stereocenters. The largest absolute Gasteiger partial charge is 0.493 e. The minimum Gasteiger partial charge on any atom is -0.493 e. The van der Waals surface area contributed by atoms with E-state index in [1.165, 1.54) is 5.56 Å². The third-order valence-electron chi connectivity index (χ3n) is 5.92. The number of thiophene rings is 1. The molecule has 0 amide bonds. The lowest BCUT2D eigenvalue weighted by Gasteiger charge is -2.35. The van der Waals surface area contributed by atoms with Crippen LogP contribution in [0.15, 0.2) is 60.7 Å². The normalized spacial score (nSPS) is 16.1. The van der Waals surface area contributed by atoms with Crippen LogP contribution in [0.25, 0.3) is 0 Å². The first kappa shape index (κ1) is 23.1. The fraction of sp³-hybridized carbons (Fsp3) is 0.385. The van der Waals surface area contributed by atoms with Crippen LogP contribution in [0.1, 0.15) is 28.5 Å². The molecule has 3 aromatic rings. The molecule has 4 nitrogen and oxygen atoms in total. The lowest BCUT2D eigenvalue weighted by Crippen LogP contribution is -2.46. The van der Waals surface area contributed by atoms with Crippen LogP contribution in [0.2, 0.25) is 4.34 Å². The van der Waals surface area contributed by atoms with Gasteiger partial charge < -0.3 is 14.4 Å². The number of piperazine rings is 1. The lowest BCUT2D eigenvalue weighted by molar-refractivity contribution is 0.106. The Morgan fingerprint density at radius 3 is 2.38 bits per heavy atom. The molecular weight excluding hydrogens is 440 g/mol. The third-order valence-corrected chi connectivity index (χ3v) is 7.24. The maximum Gasteiger partial charge on any atom is 0.162 e. The van der Waals surface area contributed by atoms with Gasteiger partial charge in [-0.05, 0) is 42.3 Å². The van der Waals surface area contributed by atoms with Crippen molar-refractivity contribution in [1.82, 2.24) is 9.80 Å². The molecule has 0 radical (unpaired) electrons. The topological polar surface area (TPSA) is 24.9 Å². The quantitative estimate of drug-likeness (QED) is 0.380. The van der Waals surface area contributed by atoms with E-state index in [1.807, 2.05) is 18.2 Å². The van der Waals surface area contributed by atoms with Gasteiger partial charge in [-0.2, -0.15) is 0 Å². The Kier molecular flexibility index (Phi) is 8.09. The second kappa shape index (κ2) is 11.2. The smallest absolute Gasteiger partial charge is 0.162 e. The predicted molar refractivity (Wildman–Crippen MR) is 133 cm³/mol. The summed E-state index contributed by atoms with van der Waals surface area (Å²) in [6.07, 6.45) is 0.860. The zero-order valence-electron chi connectivity index (χ0n) is 18.8. The van der Waals surface area contributed by atoms with Crippen molar-refractivity contribution >= 4 is 22.9 Å². The lowest BCUT2D eigenvalue weighted by atomic mass is 10.1. The molecule has 0 N–H and O–H groups in total. The number of rotatable bonds is 9. The molecule has 1 aliphatic rings. The summed E-state index contributed by atoms with van der Waals surface area (Å²) < 4.78 is 12.8. The number of nitrogens with zero attached hydrogens (tertiary/aromatic N) is 2. The third kappa shape index (κ3) is 6.26. The molecule has 0 aliphatic carbocycles. The van der Waals surface area contributed by atoms with Crippen LogP contribution in [-0.4, -0.2) is 49.6 Å². The molecule has 0 bridgehead atoms. The predicted octanol–water partition coefficient (Wildman–Crippen LogP) is 6.05. The maximum absolute atomic E-state index is 6.47. The standard InChI is InChI=1S/C26H31ClN2O2S/c1-20-8-9-22(24(18-20)30-2)31-23(25-10-11-26(27)32-25)12-13-28-14-16-29(17-15-28)19-21-6-4-3-5-7-21/h3-11,18,23H,12-17,19H2,1-2H3. The molecule has 0 spiro atoms. The highest BCUT2D eigenvalue weighted by Crippen LogP contribution is 2.36. The van der Waals surface area contributed by atoms with Gasteiger partial charge in [-0.1, -0.05) is 48.0 Å². The molecule has 1 fully saturated rings. The number of methoxy groups -OCH3 is 1. The number of benzene rings is 2. The molecule has 4 rings (SSSR count). The Balaban J connectivity index is 1.35. The van der Waals surface area contributed by atoms with E-state index in [-0.39, 0.29) is 6.10 Å². The second-order valence-corrected chi connectivity index (χ2v) is 10.0. The number of aryl methyl sites for hydroxylation is 1. The second-order valence-electron chi connectivity index (χ2n) is 8.29. The van der Waals surface area contributed by atoms with Crippen molar-refractivity contribution in [2.45, 2.75) is 26.0 Å². The molecule has 1 aliphatic heterocycles. The zero-order valence-corrected chi connectivity index (χ0v) is 20.4. The van der Waals surface area contributed by atoms with Crippen molar-refractivity contribution < 1.29 is 9.47 Å². The Morgan fingerprint density at radius 1 is 0.938 bits per heavy atom. The van der Waals surface area contributed by atoms with Crippen molar-refractivity contribution in [1.29, 1.82) is 0 Å². The summed E-state index contributed by atoms with van der Waals surface area (Å²) in [5.41, 5.74) is 2.54. The van der Waals surface area contributed by atoms with Gasteiger partial charge in [0.2, 0.25) is 0 Å². The molecule has 170 valence electrons. The highest BCUT2D eigenvalue weighted by molar-refractivity contribution is 7.16. The fourth-order valence-electron chi connectivity index (χ4n) is 4.10. The van der Waals surface area contributed by atoms with Crippen LogP contribution >= 0.6 is 22.9 Å². The van der Waals surface area contributed by atoms with Crippen LogP contribution < -0.4 is 9.47 Å². The minimum atomic E-state index is -0.0496. The summed E-state index contributed by atoms with van der Waals surface area (Å²) >= 11 is 7.83.